The smallest absolute Gasteiger partial charge is 0.404 e. The topological polar surface area (TPSA) is 26.3 Å². The highest BCUT2D eigenvalue weighted by atomic mass is 35.5. The summed E-state index contributed by atoms with van der Waals surface area (Å²) < 4.78 is 5.37. The molecule has 0 aromatic heterocycles. The number of fused-ring (bicyclic) bond motifs is 5. The van der Waals surface area contributed by atoms with Crippen LogP contribution in [0.15, 0.2) is 11.6 Å². The lowest BCUT2D eigenvalue weighted by molar-refractivity contribution is -0.0510. The Bertz CT molecular complexity index is 670. The number of carbonyl (C=O) groups is 1. The summed E-state index contributed by atoms with van der Waals surface area (Å²) in [5, 5.41) is 0. The number of hydrogen-bond acceptors (Lipinski definition) is 2. The number of rotatable bonds is 6. The van der Waals surface area contributed by atoms with Gasteiger partial charge in [0, 0.05) is 18.0 Å². The highest BCUT2D eigenvalue weighted by molar-refractivity contribution is 6.61. The number of ether oxygens (including phenoxy) is 1. The van der Waals surface area contributed by atoms with Crippen molar-refractivity contribution in [2.75, 3.05) is 0 Å². The van der Waals surface area contributed by atoms with E-state index in [1.165, 1.54) is 57.8 Å². The second kappa shape index (κ2) is 8.80. The molecule has 0 radical (unpaired) electrons. The third-order valence-corrected chi connectivity index (χ3v) is 10.2. The molecule has 30 heavy (non-hydrogen) atoms. The molecule has 3 fully saturated rings. The number of halogens is 1. The Hall–Kier alpha value is -0.500. The van der Waals surface area contributed by atoms with Crippen molar-refractivity contribution in [3.05, 3.63) is 11.6 Å². The Balaban J connectivity index is 1.44. The highest BCUT2D eigenvalue weighted by Gasteiger charge is 2.58. The normalized spacial score (nSPS) is 42.9. The Kier molecular flexibility index (Phi) is 6.65. The maximum Gasteiger partial charge on any atom is 0.404 e. The van der Waals surface area contributed by atoms with E-state index in [0.717, 1.165) is 48.9 Å². The van der Waals surface area contributed by atoms with E-state index in [2.05, 4.69) is 33.8 Å². The summed E-state index contributed by atoms with van der Waals surface area (Å²) in [6, 6.07) is 0. The summed E-state index contributed by atoms with van der Waals surface area (Å²) in [4.78, 5) is 11.2. The number of hydrogen-bond donors (Lipinski definition) is 0. The van der Waals surface area contributed by atoms with Crippen molar-refractivity contribution in [3.63, 3.8) is 0 Å². The van der Waals surface area contributed by atoms with Gasteiger partial charge in [-0.3, -0.25) is 0 Å². The van der Waals surface area contributed by atoms with E-state index in [-0.39, 0.29) is 6.10 Å². The first-order valence-corrected chi connectivity index (χ1v) is 13.2. The van der Waals surface area contributed by atoms with Crippen LogP contribution in [0.5, 0.6) is 0 Å². The summed E-state index contributed by atoms with van der Waals surface area (Å²) in [7, 11) is 0. The maximum absolute atomic E-state index is 11.2. The van der Waals surface area contributed by atoms with E-state index in [9.17, 15) is 4.79 Å². The number of carbonyl (C=O) groups excluding carboxylic acids is 1. The van der Waals surface area contributed by atoms with Crippen LogP contribution in [0.3, 0.4) is 0 Å². The molecule has 0 N–H and O–H groups in total. The lowest BCUT2D eigenvalue weighted by atomic mass is 9.47. The molecule has 0 amide bonds. The monoisotopic (exact) mass is 434 g/mol. The van der Waals surface area contributed by atoms with Crippen LogP contribution < -0.4 is 0 Å². The van der Waals surface area contributed by atoms with Gasteiger partial charge in [0.2, 0.25) is 0 Å². The quantitative estimate of drug-likeness (QED) is 0.238. The van der Waals surface area contributed by atoms with E-state index in [0.29, 0.717) is 10.8 Å². The maximum atomic E-state index is 11.2. The molecular weight excluding hydrogens is 392 g/mol. The number of allylic oxidation sites excluding steroid dienone is 1. The molecule has 2 nitrogen and oxygen atoms in total. The standard InChI is InChI=1S/C27H43ClO2/c1-18(2)7-5-6-8-19-10-12-23-22-11-9-20-17-21(30-25(28)29)13-15-27(20,4)24(22)14-16-26(19,23)3/h9,18-19,21-24H,5-8,10-17H2,1-4H3. The van der Waals surface area contributed by atoms with Gasteiger partial charge in [-0.05, 0) is 91.8 Å². The van der Waals surface area contributed by atoms with E-state index in [1.807, 2.05) is 0 Å². The lowest BCUT2D eigenvalue weighted by Gasteiger charge is -2.58. The Morgan fingerprint density at radius 1 is 1.13 bits per heavy atom. The molecule has 3 heteroatoms. The second-order valence-corrected chi connectivity index (χ2v) is 12.3. The summed E-state index contributed by atoms with van der Waals surface area (Å²) in [6.07, 6.45) is 18.3. The van der Waals surface area contributed by atoms with E-state index >= 15 is 0 Å². The molecule has 4 aliphatic rings. The first-order chi connectivity index (χ1) is 14.2. The first kappa shape index (κ1) is 22.7. The van der Waals surface area contributed by atoms with E-state index in [4.69, 9.17) is 16.3 Å². The predicted octanol–water partition coefficient (Wildman–Crippen LogP) is 8.53. The Labute approximate surface area is 189 Å². The van der Waals surface area contributed by atoms with Crippen LogP contribution in [-0.2, 0) is 4.74 Å². The van der Waals surface area contributed by atoms with Crippen molar-refractivity contribution in [3.8, 4) is 0 Å². The fourth-order valence-electron chi connectivity index (χ4n) is 8.39. The molecule has 3 saturated carbocycles. The van der Waals surface area contributed by atoms with Gasteiger partial charge in [0.15, 0.2) is 0 Å². The third-order valence-electron chi connectivity index (χ3n) is 10.1. The van der Waals surface area contributed by atoms with Crippen LogP contribution in [0.4, 0.5) is 4.79 Å². The zero-order valence-electron chi connectivity index (χ0n) is 19.7. The molecule has 170 valence electrons. The second-order valence-electron chi connectivity index (χ2n) is 12.0. The van der Waals surface area contributed by atoms with E-state index in [1.54, 1.807) is 5.57 Å². The molecule has 0 aliphatic heterocycles. The Morgan fingerprint density at radius 2 is 1.93 bits per heavy atom. The minimum absolute atomic E-state index is 0.0126. The molecule has 4 aliphatic carbocycles. The van der Waals surface area contributed by atoms with Crippen LogP contribution in [0, 0.1) is 40.4 Å². The van der Waals surface area contributed by atoms with Crippen molar-refractivity contribution >= 4 is 17.0 Å². The molecular formula is C27H43ClO2. The molecule has 0 heterocycles. The first-order valence-electron chi connectivity index (χ1n) is 12.8. The van der Waals surface area contributed by atoms with Crippen molar-refractivity contribution in [2.24, 2.45) is 40.4 Å². The van der Waals surface area contributed by atoms with Crippen LogP contribution >= 0.6 is 11.6 Å². The highest BCUT2D eigenvalue weighted by Crippen LogP contribution is 2.66. The van der Waals surface area contributed by atoms with Gasteiger partial charge in [0.25, 0.3) is 0 Å². The molecule has 7 atom stereocenters. The zero-order valence-corrected chi connectivity index (χ0v) is 20.5. The van der Waals surface area contributed by atoms with Gasteiger partial charge < -0.3 is 4.74 Å². The van der Waals surface area contributed by atoms with Crippen LogP contribution in [0.25, 0.3) is 0 Å². The van der Waals surface area contributed by atoms with Crippen molar-refractivity contribution in [2.45, 2.75) is 111 Å². The SMILES string of the molecule is CC(C)CCCCC1CCC2C3CC=C4CC(OC(=O)Cl)CCC4(C)C3CCC12C. The molecule has 0 aromatic carbocycles. The fourth-order valence-corrected chi connectivity index (χ4v) is 8.51. The summed E-state index contributed by atoms with van der Waals surface area (Å²) in [5.74, 6) is 4.40. The van der Waals surface area contributed by atoms with Gasteiger partial charge in [0.05, 0.1) is 0 Å². The Morgan fingerprint density at radius 3 is 2.67 bits per heavy atom. The summed E-state index contributed by atoms with van der Waals surface area (Å²) >= 11 is 5.50. The van der Waals surface area contributed by atoms with Gasteiger partial charge in [0.1, 0.15) is 6.10 Å². The molecule has 4 rings (SSSR count). The van der Waals surface area contributed by atoms with Crippen LogP contribution in [0.2, 0.25) is 0 Å². The molecule has 0 spiro atoms. The average molecular weight is 435 g/mol. The van der Waals surface area contributed by atoms with E-state index < -0.39 is 5.43 Å². The van der Waals surface area contributed by atoms with Gasteiger partial charge in [-0.2, -0.15) is 0 Å². The van der Waals surface area contributed by atoms with Gasteiger partial charge in [-0.1, -0.05) is 58.6 Å². The molecule has 0 aromatic rings. The number of unbranched alkanes of at least 4 members (excludes halogenated alkanes) is 1. The summed E-state index contributed by atoms with van der Waals surface area (Å²) in [5.41, 5.74) is 1.81. The summed E-state index contributed by atoms with van der Waals surface area (Å²) in [6.45, 7) is 9.89. The van der Waals surface area contributed by atoms with Gasteiger partial charge in [-0.15, -0.1) is 0 Å². The largest absolute Gasteiger partial charge is 0.450 e. The van der Waals surface area contributed by atoms with Crippen molar-refractivity contribution in [1.82, 2.24) is 0 Å². The molecule has 0 bridgehead atoms. The molecule has 7 unspecified atom stereocenters. The lowest BCUT2D eigenvalue weighted by Crippen LogP contribution is -2.50. The minimum atomic E-state index is -0.642. The van der Waals surface area contributed by atoms with Crippen LogP contribution in [-0.4, -0.2) is 11.5 Å². The zero-order chi connectivity index (χ0) is 21.5. The third kappa shape index (κ3) is 4.12. The fraction of sp³-hybridized carbons (Fsp3) is 0.889. The van der Waals surface area contributed by atoms with Crippen molar-refractivity contribution < 1.29 is 9.53 Å². The average Bonchev–Trinajstić information content (AvgIpc) is 3.01. The predicted molar refractivity (Wildman–Crippen MR) is 125 cm³/mol. The molecule has 0 saturated heterocycles. The van der Waals surface area contributed by atoms with Gasteiger partial charge >= 0.3 is 5.43 Å². The van der Waals surface area contributed by atoms with Crippen molar-refractivity contribution in [1.29, 1.82) is 0 Å². The minimum Gasteiger partial charge on any atom is -0.450 e. The van der Waals surface area contributed by atoms with Crippen LogP contribution in [0.1, 0.15) is 105 Å². The van der Waals surface area contributed by atoms with Gasteiger partial charge in [-0.25, -0.2) is 4.79 Å².